The molecule has 6 heteroatoms. The third kappa shape index (κ3) is 4.40. The van der Waals surface area contributed by atoms with Gasteiger partial charge in [-0.3, -0.25) is 0 Å². The highest BCUT2D eigenvalue weighted by Gasteiger charge is 2.20. The summed E-state index contributed by atoms with van der Waals surface area (Å²) < 4.78 is 7.50. The third-order valence-corrected chi connectivity index (χ3v) is 12.2. The van der Waals surface area contributed by atoms with Gasteiger partial charge in [0, 0.05) is 73.5 Å². The number of hydrogen-bond acceptors (Lipinski definition) is 5. The van der Waals surface area contributed by atoms with Gasteiger partial charge in [-0.15, -0.1) is 22.7 Å². The first-order valence-electron chi connectivity index (χ1n) is 16.9. The first-order chi connectivity index (χ1) is 25.3. The van der Waals surface area contributed by atoms with Crippen molar-refractivity contribution in [3.63, 3.8) is 0 Å². The van der Waals surface area contributed by atoms with Gasteiger partial charge in [0.2, 0.25) is 0 Å². The Hall–Kier alpha value is -6.21. The zero-order chi connectivity index (χ0) is 33.5. The molecule has 4 nitrogen and oxygen atoms in total. The molecule has 4 aromatic heterocycles. The predicted molar refractivity (Wildman–Crippen MR) is 216 cm³/mol. The zero-order valence-corrected chi connectivity index (χ0v) is 28.7. The summed E-state index contributed by atoms with van der Waals surface area (Å²) in [7, 11) is 0. The summed E-state index contributed by atoms with van der Waals surface area (Å²) >= 11 is 3.73. The van der Waals surface area contributed by atoms with Crippen LogP contribution in [0.4, 0.5) is 0 Å². The molecule has 7 aromatic carbocycles. The lowest BCUT2D eigenvalue weighted by Crippen LogP contribution is -2.00. The number of para-hydroxylation sites is 2. The molecular formula is C45H26N4S2. The van der Waals surface area contributed by atoms with E-state index < -0.39 is 0 Å². The van der Waals surface area contributed by atoms with E-state index >= 15 is 0 Å². The second-order valence-corrected chi connectivity index (χ2v) is 14.9. The molecule has 0 saturated carbocycles. The van der Waals surface area contributed by atoms with Crippen LogP contribution in [0.3, 0.4) is 0 Å². The molecule has 51 heavy (non-hydrogen) atoms. The van der Waals surface area contributed by atoms with Gasteiger partial charge in [-0.1, -0.05) is 121 Å². The second-order valence-electron chi connectivity index (χ2n) is 12.8. The Morgan fingerprint density at radius 2 is 0.980 bits per heavy atom. The first-order valence-corrected chi connectivity index (χ1v) is 18.6. The number of nitrogens with zero attached hydrogens (tertiary/aromatic N) is 4. The summed E-state index contributed by atoms with van der Waals surface area (Å²) in [5.74, 6) is 2.02. The van der Waals surface area contributed by atoms with Crippen LogP contribution in [0.5, 0.6) is 0 Å². The topological polar surface area (TPSA) is 43.6 Å². The van der Waals surface area contributed by atoms with Gasteiger partial charge in [-0.25, -0.2) is 15.0 Å². The van der Waals surface area contributed by atoms with Gasteiger partial charge in [0.1, 0.15) is 0 Å². The molecule has 4 heterocycles. The number of rotatable bonds is 4. The van der Waals surface area contributed by atoms with Gasteiger partial charge in [0.05, 0.1) is 11.0 Å². The van der Waals surface area contributed by atoms with Crippen LogP contribution in [0.25, 0.3) is 102 Å². The van der Waals surface area contributed by atoms with E-state index in [1.165, 1.54) is 67.8 Å². The zero-order valence-electron chi connectivity index (χ0n) is 27.1. The number of aromatic nitrogens is 4. The Bertz CT molecular complexity index is 3030. The highest BCUT2D eigenvalue weighted by atomic mass is 32.1. The molecular weight excluding hydrogens is 661 g/mol. The van der Waals surface area contributed by atoms with Gasteiger partial charge in [-0.05, 0) is 36.4 Å². The van der Waals surface area contributed by atoms with E-state index in [2.05, 4.69) is 126 Å². The number of hydrogen-bond donors (Lipinski definition) is 0. The van der Waals surface area contributed by atoms with Crippen LogP contribution in [0.15, 0.2) is 158 Å². The summed E-state index contributed by atoms with van der Waals surface area (Å²) in [6.45, 7) is 0. The van der Waals surface area contributed by atoms with Crippen molar-refractivity contribution >= 4 is 84.8 Å². The molecule has 0 spiro atoms. The van der Waals surface area contributed by atoms with Crippen molar-refractivity contribution in [2.24, 2.45) is 0 Å². The van der Waals surface area contributed by atoms with Crippen molar-refractivity contribution in [2.75, 3.05) is 0 Å². The quantitative estimate of drug-likeness (QED) is 0.185. The van der Waals surface area contributed by atoms with Gasteiger partial charge >= 0.3 is 0 Å². The van der Waals surface area contributed by atoms with Crippen LogP contribution in [-0.4, -0.2) is 19.5 Å². The van der Waals surface area contributed by atoms with Crippen molar-refractivity contribution in [3.8, 4) is 39.9 Å². The molecule has 11 rings (SSSR count). The number of fused-ring (bicyclic) bond motifs is 10. The van der Waals surface area contributed by atoms with E-state index in [4.69, 9.17) is 15.0 Å². The molecule has 0 bridgehead atoms. The molecule has 0 aliphatic rings. The molecule has 0 unspecified atom stereocenters. The van der Waals surface area contributed by atoms with E-state index in [-0.39, 0.29) is 0 Å². The predicted octanol–water partition coefficient (Wildman–Crippen LogP) is 12.7. The van der Waals surface area contributed by atoms with E-state index in [0.717, 1.165) is 16.7 Å². The molecule has 0 aliphatic heterocycles. The summed E-state index contributed by atoms with van der Waals surface area (Å²) in [6.07, 6.45) is 0. The van der Waals surface area contributed by atoms with Crippen molar-refractivity contribution in [1.82, 2.24) is 19.5 Å². The second kappa shape index (κ2) is 11.2. The highest BCUT2D eigenvalue weighted by Crippen LogP contribution is 2.47. The third-order valence-electron chi connectivity index (χ3n) is 9.86. The van der Waals surface area contributed by atoms with Crippen LogP contribution in [-0.2, 0) is 0 Å². The van der Waals surface area contributed by atoms with Gasteiger partial charge < -0.3 is 4.57 Å². The van der Waals surface area contributed by atoms with E-state index in [1.807, 2.05) is 59.1 Å². The van der Waals surface area contributed by atoms with Gasteiger partial charge in [0.25, 0.3) is 0 Å². The first kappa shape index (κ1) is 28.6. The molecule has 0 saturated heterocycles. The van der Waals surface area contributed by atoms with Crippen molar-refractivity contribution in [2.45, 2.75) is 0 Å². The monoisotopic (exact) mass is 686 g/mol. The average molecular weight is 687 g/mol. The lowest BCUT2D eigenvalue weighted by molar-refractivity contribution is 1.08. The van der Waals surface area contributed by atoms with Crippen LogP contribution >= 0.6 is 22.7 Å². The molecule has 0 atom stereocenters. The van der Waals surface area contributed by atoms with Crippen LogP contribution < -0.4 is 0 Å². The number of benzene rings is 7. The summed E-state index contributed by atoms with van der Waals surface area (Å²) in [5, 5.41) is 7.57. The van der Waals surface area contributed by atoms with E-state index in [1.54, 1.807) is 0 Å². The van der Waals surface area contributed by atoms with E-state index in [0.29, 0.717) is 17.5 Å². The van der Waals surface area contributed by atoms with Crippen molar-refractivity contribution in [1.29, 1.82) is 0 Å². The fourth-order valence-electron chi connectivity index (χ4n) is 7.59. The average Bonchev–Trinajstić information content (AvgIpc) is 3.87. The minimum Gasteiger partial charge on any atom is -0.309 e. The highest BCUT2D eigenvalue weighted by molar-refractivity contribution is 7.29. The van der Waals surface area contributed by atoms with Gasteiger partial charge in [0.15, 0.2) is 17.5 Å². The summed E-state index contributed by atoms with van der Waals surface area (Å²) in [6, 6.07) is 55.8. The molecule has 0 N–H and O–H groups in total. The Morgan fingerprint density at radius 3 is 1.67 bits per heavy atom. The fraction of sp³-hybridized carbons (Fsp3) is 0. The lowest BCUT2D eigenvalue weighted by atomic mass is 10.0. The van der Waals surface area contributed by atoms with Crippen LogP contribution in [0.2, 0.25) is 0 Å². The summed E-state index contributed by atoms with van der Waals surface area (Å²) in [5.41, 5.74) is 6.58. The molecule has 0 radical (unpaired) electrons. The van der Waals surface area contributed by atoms with Crippen LogP contribution in [0, 0.1) is 0 Å². The largest absolute Gasteiger partial charge is 0.309 e. The minimum absolute atomic E-state index is 0.668. The Morgan fingerprint density at radius 1 is 0.392 bits per heavy atom. The van der Waals surface area contributed by atoms with Crippen molar-refractivity contribution < 1.29 is 0 Å². The van der Waals surface area contributed by atoms with E-state index in [9.17, 15) is 0 Å². The molecule has 0 aliphatic carbocycles. The molecule has 238 valence electrons. The molecule has 0 amide bonds. The van der Waals surface area contributed by atoms with Crippen molar-refractivity contribution in [3.05, 3.63) is 158 Å². The Labute approximate surface area is 300 Å². The normalized spacial score (nSPS) is 11.9. The molecule has 0 fully saturated rings. The Balaban J connectivity index is 1.12. The van der Waals surface area contributed by atoms with Crippen LogP contribution in [0.1, 0.15) is 0 Å². The smallest absolute Gasteiger partial charge is 0.164 e. The Kier molecular flexibility index (Phi) is 6.26. The minimum atomic E-state index is 0.668. The maximum absolute atomic E-state index is 5.10. The summed E-state index contributed by atoms with van der Waals surface area (Å²) in [4.78, 5) is 15.1. The standard InChI is InChI=1S/C45H26N4S2/c1-3-12-27(13-4-1)43-46-44(28-14-5-2-6-15-28)48-45(47-43)34-18-11-21-37-40(34)33-24-25-38-41(42(33)51-37)32-23-22-29(26-39(32)50-38)49-35-19-9-7-16-30(35)31-17-8-10-20-36(31)49/h1-26H. The maximum Gasteiger partial charge on any atom is 0.164 e. The lowest BCUT2D eigenvalue weighted by Gasteiger charge is -2.09. The molecule has 11 aromatic rings. The number of thiophene rings is 2. The van der Waals surface area contributed by atoms with Gasteiger partial charge in [-0.2, -0.15) is 0 Å². The maximum atomic E-state index is 5.10. The fourth-order valence-corrected chi connectivity index (χ4v) is 10.1. The SMILES string of the molecule is c1ccc(-c2nc(-c3ccccc3)nc(-c3cccc4sc5c(ccc6sc7cc(-n8c9ccccc9c9ccccc98)ccc7c65)c34)n2)cc1.